The van der Waals surface area contributed by atoms with Crippen molar-refractivity contribution >= 4 is 17.6 Å². The van der Waals surface area contributed by atoms with Crippen molar-refractivity contribution in [2.24, 2.45) is 5.73 Å². The van der Waals surface area contributed by atoms with Crippen molar-refractivity contribution < 1.29 is 0 Å². The number of nitrogens with two attached hydrogens (primary N) is 1. The molecule has 0 aliphatic heterocycles. The van der Waals surface area contributed by atoms with Crippen LogP contribution in [0.25, 0.3) is 0 Å². The SMILES string of the molecule is Cc1ccccc1Sc1cnccc1C(=N)N. The number of nitrogen functional groups attached to an aromatic ring is 1. The Morgan fingerprint density at radius 3 is 2.71 bits per heavy atom. The van der Waals surface area contributed by atoms with Gasteiger partial charge in [0.25, 0.3) is 0 Å². The summed E-state index contributed by atoms with van der Waals surface area (Å²) in [6.45, 7) is 2.06. The number of hydrogen-bond donors (Lipinski definition) is 2. The van der Waals surface area contributed by atoms with E-state index in [-0.39, 0.29) is 5.84 Å². The molecule has 3 nitrogen and oxygen atoms in total. The zero-order chi connectivity index (χ0) is 12.3. The number of amidine groups is 1. The third kappa shape index (κ3) is 2.65. The number of aryl methyl sites for hydroxylation is 1. The highest BCUT2D eigenvalue weighted by Crippen LogP contribution is 2.31. The molecule has 0 spiro atoms. The van der Waals surface area contributed by atoms with Crippen molar-refractivity contribution in [2.45, 2.75) is 16.7 Å². The van der Waals surface area contributed by atoms with Crippen LogP contribution in [0, 0.1) is 12.3 Å². The van der Waals surface area contributed by atoms with Gasteiger partial charge in [-0.2, -0.15) is 0 Å². The lowest BCUT2D eigenvalue weighted by molar-refractivity contribution is 1.20. The molecule has 1 aromatic carbocycles. The molecule has 0 amide bonds. The molecule has 0 bridgehead atoms. The van der Waals surface area contributed by atoms with E-state index >= 15 is 0 Å². The van der Waals surface area contributed by atoms with Gasteiger partial charge in [0.05, 0.1) is 0 Å². The van der Waals surface area contributed by atoms with E-state index in [9.17, 15) is 0 Å². The number of aromatic nitrogens is 1. The fraction of sp³-hybridized carbons (Fsp3) is 0.0769. The predicted molar refractivity (Wildman–Crippen MR) is 70.6 cm³/mol. The third-order valence-corrected chi connectivity index (χ3v) is 3.61. The van der Waals surface area contributed by atoms with Crippen LogP contribution in [0.5, 0.6) is 0 Å². The fourth-order valence-electron chi connectivity index (χ4n) is 1.47. The Morgan fingerprint density at radius 2 is 2.00 bits per heavy atom. The zero-order valence-corrected chi connectivity index (χ0v) is 10.3. The second-order valence-electron chi connectivity index (χ2n) is 3.65. The molecule has 0 atom stereocenters. The first-order valence-electron chi connectivity index (χ1n) is 5.20. The summed E-state index contributed by atoms with van der Waals surface area (Å²) in [6, 6.07) is 9.89. The van der Waals surface area contributed by atoms with Crippen LogP contribution in [0.1, 0.15) is 11.1 Å². The maximum atomic E-state index is 7.53. The quantitative estimate of drug-likeness (QED) is 0.643. The van der Waals surface area contributed by atoms with Gasteiger partial charge in [-0.15, -0.1) is 0 Å². The topological polar surface area (TPSA) is 62.8 Å². The Labute approximate surface area is 105 Å². The second-order valence-corrected chi connectivity index (χ2v) is 4.74. The van der Waals surface area contributed by atoms with Gasteiger partial charge in [-0.3, -0.25) is 10.4 Å². The van der Waals surface area contributed by atoms with Gasteiger partial charge in [-0.1, -0.05) is 30.0 Å². The maximum absolute atomic E-state index is 7.53. The lowest BCUT2D eigenvalue weighted by Gasteiger charge is -2.08. The van der Waals surface area contributed by atoms with E-state index < -0.39 is 0 Å². The molecule has 2 aromatic rings. The fourth-order valence-corrected chi connectivity index (χ4v) is 2.49. The average molecular weight is 243 g/mol. The molecule has 0 fully saturated rings. The van der Waals surface area contributed by atoms with Gasteiger partial charge in [0.15, 0.2) is 0 Å². The van der Waals surface area contributed by atoms with Crippen molar-refractivity contribution in [3.05, 3.63) is 53.9 Å². The molecule has 2 rings (SSSR count). The largest absolute Gasteiger partial charge is 0.384 e. The Hall–Kier alpha value is -1.81. The van der Waals surface area contributed by atoms with Crippen molar-refractivity contribution in [1.29, 1.82) is 5.41 Å². The van der Waals surface area contributed by atoms with Crippen LogP contribution in [-0.2, 0) is 0 Å². The van der Waals surface area contributed by atoms with Crippen LogP contribution in [0.15, 0.2) is 52.5 Å². The molecule has 1 aromatic heterocycles. The molecule has 0 unspecified atom stereocenters. The highest BCUT2D eigenvalue weighted by molar-refractivity contribution is 7.99. The van der Waals surface area contributed by atoms with Gasteiger partial charge >= 0.3 is 0 Å². The first-order valence-corrected chi connectivity index (χ1v) is 6.02. The number of nitrogens with zero attached hydrogens (tertiary/aromatic N) is 1. The van der Waals surface area contributed by atoms with E-state index in [1.165, 1.54) is 5.56 Å². The van der Waals surface area contributed by atoms with E-state index in [1.54, 1.807) is 30.2 Å². The molecule has 0 aliphatic rings. The monoisotopic (exact) mass is 243 g/mol. The lowest BCUT2D eigenvalue weighted by Crippen LogP contribution is -2.12. The van der Waals surface area contributed by atoms with Gasteiger partial charge in [-0.05, 0) is 24.6 Å². The van der Waals surface area contributed by atoms with Crippen LogP contribution in [0.2, 0.25) is 0 Å². The summed E-state index contributed by atoms with van der Waals surface area (Å²) in [5.41, 5.74) is 7.48. The van der Waals surface area contributed by atoms with E-state index in [0.717, 1.165) is 15.4 Å². The number of nitrogens with one attached hydrogen (secondary N) is 1. The van der Waals surface area contributed by atoms with Crippen molar-refractivity contribution in [3.8, 4) is 0 Å². The van der Waals surface area contributed by atoms with Gasteiger partial charge in [0.1, 0.15) is 5.84 Å². The summed E-state index contributed by atoms with van der Waals surface area (Å²) in [7, 11) is 0. The molecule has 1 heterocycles. The number of rotatable bonds is 3. The molecule has 3 N–H and O–H groups in total. The smallest absolute Gasteiger partial charge is 0.124 e. The first-order chi connectivity index (χ1) is 8.18. The molecule has 17 heavy (non-hydrogen) atoms. The second kappa shape index (κ2) is 5.01. The Morgan fingerprint density at radius 1 is 1.24 bits per heavy atom. The molecule has 86 valence electrons. The van der Waals surface area contributed by atoms with Crippen LogP contribution >= 0.6 is 11.8 Å². The molecular weight excluding hydrogens is 230 g/mol. The Kier molecular flexibility index (Phi) is 3.44. The molecule has 0 radical (unpaired) electrons. The van der Waals surface area contributed by atoms with E-state index in [2.05, 4.69) is 24.0 Å². The normalized spacial score (nSPS) is 10.2. The van der Waals surface area contributed by atoms with Crippen molar-refractivity contribution in [2.75, 3.05) is 0 Å². The van der Waals surface area contributed by atoms with Crippen LogP contribution in [-0.4, -0.2) is 10.8 Å². The van der Waals surface area contributed by atoms with Gasteiger partial charge in [0.2, 0.25) is 0 Å². The minimum Gasteiger partial charge on any atom is -0.384 e. The standard InChI is InChI=1S/C13H13N3S/c1-9-4-2-3-5-11(9)17-12-8-16-7-6-10(12)13(14)15/h2-8H,1H3,(H3,14,15). The summed E-state index contributed by atoms with van der Waals surface area (Å²) in [5, 5.41) is 7.53. The van der Waals surface area contributed by atoms with E-state index in [0.29, 0.717) is 0 Å². The van der Waals surface area contributed by atoms with Gasteiger partial charge in [-0.25, -0.2) is 0 Å². The van der Waals surface area contributed by atoms with Crippen LogP contribution < -0.4 is 5.73 Å². The van der Waals surface area contributed by atoms with E-state index in [1.807, 2.05) is 12.1 Å². The predicted octanol–water partition coefficient (Wildman–Crippen LogP) is 2.83. The highest BCUT2D eigenvalue weighted by atomic mass is 32.2. The van der Waals surface area contributed by atoms with Crippen molar-refractivity contribution in [1.82, 2.24) is 4.98 Å². The molecule has 0 aliphatic carbocycles. The molecular formula is C13H13N3S. The molecule has 4 heteroatoms. The van der Waals surface area contributed by atoms with E-state index in [4.69, 9.17) is 11.1 Å². The molecule has 0 saturated carbocycles. The minimum absolute atomic E-state index is 0.0727. The molecule has 0 saturated heterocycles. The van der Waals surface area contributed by atoms with Crippen molar-refractivity contribution in [3.63, 3.8) is 0 Å². The number of hydrogen-bond acceptors (Lipinski definition) is 3. The zero-order valence-electron chi connectivity index (χ0n) is 9.47. The minimum atomic E-state index is 0.0727. The average Bonchev–Trinajstić information content (AvgIpc) is 2.32. The number of benzene rings is 1. The summed E-state index contributed by atoms with van der Waals surface area (Å²) >= 11 is 1.59. The summed E-state index contributed by atoms with van der Waals surface area (Å²) in [4.78, 5) is 6.15. The van der Waals surface area contributed by atoms with Gasteiger partial charge in [0, 0.05) is 27.7 Å². The summed E-state index contributed by atoms with van der Waals surface area (Å²) in [5.74, 6) is 0.0727. The third-order valence-electron chi connectivity index (χ3n) is 2.39. The number of pyridine rings is 1. The summed E-state index contributed by atoms with van der Waals surface area (Å²) in [6.07, 6.45) is 3.40. The van der Waals surface area contributed by atoms with Gasteiger partial charge < -0.3 is 5.73 Å². The lowest BCUT2D eigenvalue weighted by atomic mass is 10.2. The summed E-state index contributed by atoms with van der Waals surface area (Å²) < 4.78 is 0. The maximum Gasteiger partial charge on any atom is 0.124 e. The first kappa shape index (κ1) is 11.7. The Bertz CT molecular complexity index is 552. The Balaban J connectivity index is 2.37. The highest BCUT2D eigenvalue weighted by Gasteiger charge is 2.07. The van der Waals surface area contributed by atoms with Crippen LogP contribution in [0.3, 0.4) is 0 Å². The van der Waals surface area contributed by atoms with Crippen LogP contribution in [0.4, 0.5) is 0 Å².